The number of amides is 1. The van der Waals surface area contributed by atoms with Crippen LogP contribution in [0.3, 0.4) is 0 Å². The molecule has 4 nitrogen and oxygen atoms in total. The van der Waals surface area contributed by atoms with E-state index in [-0.39, 0.29) is 5.91 Å². The van der Waals surface area contributed by atoms with E-state index in [0.29, 0.717) is 19.5 Å². The molecular formula is C40H76N2O2. The fourth-order valence-electron chi connectivity index (χ4n) is 5.51. The molecule has 4 heteroatoms. The Hall–Kier alpha value is -1.55. The Morgan fingerprint density at radius 1 is 0.523 bits per heavy atom. The summed E-state index contributed by atoms with van der Waals surface area (Å²) >= 11 is 0. The molecule has 3 N–H and O–H groups in total. The van der Waals surface area contributed by atoms with E-state index < -0.39 is 6.10 Å². The summed E-state index contributed by atoms with van der Waals surface area (Å²) in [6.45, 7) is 9.40. The molecule has 0 rings (SSSR count). The van der Waals surface area contributed by atoms with Crippen LogP contribution in [0.1, 0.15) is 194 Å². The van der Waals surface area contributed by atoms with E-state index in [2.05, 4.69) is 55.4 Å². The van der Waals surface area contributed by atoms with Crippen molar-refractivity contribution in [1.29, 1.82) is 0 Å². The molecule has 0 heterocycles. The molecule has 0 bridgehead atoms. The number of aliphatic hydroxyl groups excluding tert-OH is 1. The summed E-state index contributed by atoms with van der Waals surface area (Å²) in [6, 6.07) is 0. The van der Waals surface area contributed by atoms with Crippen molar-refractivity contribution in [1.82, 2.24) is 10.6 Å². The first-order valence-corrected chi connectivity index (χ1v) is 19.3. The van der Waals surface area contributed by atoms with Gasteiger partial charge in [0.25, 0.3) is 0 Å². The highest BCUT2D eigenvalue weighted by Crippen LogP contribution is 2.12. The largest absolute Gasteiger partial charge is 0.389 e. The van der Waals surface area contributed by atoms with Gasteiger partial charge in [0.1, 0.15) is 0 Å². The smallest absolute Gasteiger partial charge is 0.220 e. The highest BCUT2D eigenvalue weighted by Gasteiger charge is 2.07. The molecule has 258 valence electrons. The van der Waals surface area contributed by atoms with Gasteiger partial charge in [0.2, 0.25) is 5.91 Å². The first-order chi connectivity index (χ1) is 21.6. The molecule has 0 aromatic rings. The zero-order chi connectivity index (χ0) is 32.2. The minimum Gasteiger partial charge on any atom is -0.389 e. The maximum Gasteiger partial charge on any atom is 0.220 e. The van der Waals surface area contributed by atoms with Gasteiger partial charge in [-0.2, -0.15) is 0 Å². The Kier molecular flexibility index (Phi) is 34.7. The molecule has 1 amide bonds. The van der Waals surface area contributed by atoms with Gasteiger partial charge in [0, 0.05) is 25.2 Å². The SMILES string of the molecule is C=C(CCCCCCC/C=C\CCCCCCCC)NCC(O)CNC(=O)CCCCCCC/C=C\CCCCCCCC. The average molecular weight is 617 g/mol. The number of carbonyl (C=O) groups excluding carboxylic acids is 1. The van der Waals surface area contributed by atoms with Gasteiger partial charge in [0.05, 0.1) is 6.10 Å². The lowest BCUT2D eigenvalue weighted by Crippen LogP contribution is -2.37. The standard InChI is InChI=1S/C40H76N2O2/c1-4-6-8-10-12-14-16-18-20-22-24-26-28-30-32-34-38(3)41-36-39(43)37-42-40(44)35-33-31-29-27-25-23-21-19-17-15-13-11-9-7-5-2/h18-21,39,41,43H,3-17,22-37H2,1-2H3,(H,42,44)/b20-18-,21-19-. The van der Waals surface area contributed by atoms with Gasteiger partial charge in [-0.3, -0.25) is 4.79 Å². The summed E-state index contributed by atoms with van der Waals surface area (Å²) in [5.74, 6) is 0.0498. The number of nitrogens with one attached hydrogen (secondary N) is 2. The highest BCUT2D eigenvalue weighted by atomic mass is 16.3. The molecule has 0 aromatic heterocycles. The van der Waals surface area contributed by atoms with Crippen molar-refractivity contribution in [2.45, 2.75) is 200 Å². The lowest BCUT2D eigenvalue weighted by molar-refractivity contribution is -0.121. The first-order valence-electron chi connectivity index (χ1n) is 19.3. The summed E-state index contributed by atoms with van der Waals surface area (Å²) < 4.78 is 0. The van der Waals surface area contributed by atoms with E-state index >= 15 is 0 Å². The van der Waals surface area contributed by atoms with Crippen molar-refractivity contribution >= 4 is 5.91 Å². The molecule has 0 saturated carbocycles. The molecule has 1 atom stereocenters. The Labute approximate surface area is 275 Å². The Balaban J connectivity index is 3.45. The molecule has 0 aliphatic heterocycles. The Bertz CT molecular complexity index is 616. The molecule has 0 aliphatic carbocycles. The van der Waals surface area contributed by atoms with E-state index in [1.807, 2.05) is 0 Å². The number of carbonyl (C=O) groups is 1. The van der Waals surface area contributed by atoms with Gasteiger partial charge in [-0.15, -0.1) is 0 Å². The number of unbranched alkanes of at least 4 members (excludes halogenated alkanes) is 22. The van der Waals surface area contributed by atoms with Gasteiger partial charge in [-0.1, -0.05) is 147 Å². The second-order valence-electron chi connectivity index (χ2n) is 13.1. The van der Waals surface area contributed by atoms with Crippen LogP contribution in [0.2, 0.25) is 0 Å². The Morgan fingerprint density at radius 2 is 0.864 bits per heavy atom. The minimum atomic E-state index is -0.584. The van der Waals surface area contributed by atoms with Crippen LogP contribution in [-0.2, 0) is 4.79 Å². The van der Waals surface area contributed by atoms with E-state index in [4.69, 9.17) is 0 Å². The topological polar surface area (TPSA) is 61.4 Å². The maximum atomic E-state index is 12.1. The lowest BCUT2D eigenvalue weighted by atomic mass is 10.1. The van der Waals surface area contributed by atoms with E-state index in [1.165, 1.54) is 148 Å². The van der Waals surface area contributed by atoms with Crippen molar-refractivity contribution in [3.05, 3.63) is 36.6 Å². The fourth-order valence-corrected chi connectivity index (χ4v) is 5.51. The van der Waals surface area contributed by atoms with Gasteiger partial charge < -0.3 is 15.7 Å². The van der Waals surface area contributed by atoms with Crippen LogP contribution in [0.15, 0.2) is 36.6 Å². The van der Waals surface area contributed by atoms with Crippen LogP contribution in [0.25, 0.3) is 0 Å². The number of rotatable bonds is 35. The molecule has 0 fully saturated rings. The zero-order valence-electron chi connectivity index (χ0n) is 29.7. The second-order valence-corrected chi connectivity index (χ2v) is 13.1. The van der Waals surface area contributed by atoms with Crippen LogP contribution >= 0.6 is 0 Å². The molecule has 0 aromatic carbocycles. The van der Waals surface area contributed by atoms with Crippen LogP contribution in [0, 0.1) is 0 Å². The fraction of sp³-hybridized carbons (Fsp3) is 0.825. The molecule has 0 spiro atoms. The monoisotopic (exact) mass is 617 g/mol. The third-order valence-corrected chi connectivity index (χ3v) is 8.53. The summed E-state index contributed by atoms with van der Waals surface area (Å²) in [4.78, 5) is 12.1. The Morgan fingerprint density at radius 3 is 1.30 bits per heavy atom. The van der Waals surface area contributed by atoms with Crippen LogP contribution in [0.4, 0.5) is 0 Å². The molecule has 0 aliphatic rings. The third-order valence-electron chi connectivity index (χ3n) is 8.53. The predicted molar refractivity (Wildman–Crippen MR) is 195 cm³/mol. The molecule has 1 unspecified atom stereocenters. The predicted octanol–water partition coefficient (Wildman–Crippen LogP) is 11.6. The van der Waals surface area contributed by atoms with Crippen molar-refractivity contribution < 1.29 is 9.90 Å². The summed E-state index contributed by atoms with van der Waals surface area (Å²) in [7, 11) is 0. The summed E-state index contributed by atoms with van der Waals surface area (Å²) in [5.41, 5.74) is 0.987. The van der Waals surface area contributed by atoms with Crippen LogP contribution in [-0.4, -0.2) is 30.2 Å². The number of hydrogen-bond acceptors (Lipinski definition) is 3. The number of allylic oxidation sites excluding steroid dienone is 5. The van der Waals surface area contributed by atoms with Gasteiger partial charge in [-0.05, 0) is 70.6 Å². The van der Waals surface area contributed by atoms with E-state index in [1.54, 1.807) is 0 Å². The van der Waals surface area contributed by atoms with Crippen LogP contribution in [0.5, 0.6) is 0 Å². The zero-order valence-corrected chi connectivity index (χ0v) is 29.7. The quantitative estimate of drug-likeness (QED) is 0.0490. The van der Waals surface area contributed by atoms with Crippen molar-refractivity contribution in [2.75, 3.05) is 13.1 Å². The first kappa shape index (κ1) is 42.5. The maximum absolute atomic E-state index is 12.1. The normalized spacial score (nSPS) is 12.3. The minimum absolute atomic E-state index is 0.0498. The van der Waals surface area contributed by atoms with E-state index in [9.17, 15) is 9.90 Å². The number of hydrogen-bond donors (Lipinski definition) is 3. The number of aliphatic hydroxyl groups is 1. The average Bonchev–Trinajstić information content (AvgIpc) is 3.02. The molecule has 0 radical (unpaired) electrons. The van der Waals surface area contributed by atoms with E-state index in [0.717, 1.165) is 31.4 Å². The summed E-state index contributed by atoms with van der Waals surface area (Å²) in [5, 5.41) is 16.4. The molecular weight excluding hydrogens is 540 g/mol. The molecule has 0 saturated heterocycles. The van der Waals surface area contributed by atoms with Crippen LogP contribution < -0.4 is 10.6 Å². The third kappa shape index (κ3) is 34.9. The van der Waals surface area contributed by atoms with Gasteiger partial charge in [-0.25, -0.2) is 0 Å². The molecule has 44 heavy (non-hydrogen) atoms. The van der Waals surface area contributed by atoms with Crippen molar-refractivity contribution in [2.24, 2.45) is 0 Å². The summed E-state index contributed by atoms with van der Waals surface area (Å²) in [6.07, 6.45) is 43.8. The second kappa shape index (κ2) is 35.9. The highest BCUT2D eigenvalue weighted by molar-refractivity contribution is 5.75. The van der Waals surface area contributed by atoms with Crippen molar-refractivity contribution in [3.63, 3.8) is 0 Å². The van der Waals surface area contributed by atoms with Gasteiger partial charge in [0.15, 0.2) is 0 Å². The lowest BCUT2D eigenvalue weighted by Gasteiger charge is -2.15. The van der Waals surface area contributed by atoms with Crippen molar-refractivity contribution in [3.8, 4) is 0 Å². The van der Waals surface area contributed by atoms with Gasteiger partial charge >= 0.3 is 0 Å².